The maximum absolute atomic E-state index is 13.8. The standard InChI is InChI=1S/C24H23F12NOSi/c1-39(2,3)38-20(37-6-4-5-7-37,14-8-16(21(25,26)27)12-17(9-14)22(28,29)30)15-10-18(23(31,32)33)13-19(11-15)24(34,35)36/h8-13H,4-7H2,1-3H3. The third-order valence-corrected chi connectivity index (χ3v) is 6.87. The van der Waals surface area contributed by atoms with Gasteiger partial charge in [-0.3, -0.25) is 4.90 Å². The second-order valence-electron chi connectivity index (χ2n) is 10.1. The largest absolute Gasteiger partial charge is 0.416 e. The first-order valence-electron chi connectivity index (χ1n) is 11.5. The highest BCUT2D eigenvalue weighted by atomic mass is 28.4. The Balaban J connectivity index is 2.56. The summed E-state index contributed by atoms with van der Waals surface area (Å²) in [5, 5.41) is 0. The fourth-order valence-electron chi connectivity index (χ4n) is 4.49. The Morgan fingerprint density at radius 1 is 0.513 bits per heavy atom. The van der Waals surface area contributed by atoms with Gasteiger partial charge in [-0.05, 0) is 68.9 Å². The van der Waals surface area contributed by atoms with E-state index in [1.807, 2.05) is 0 Å². The molecule has 0 amide bonds. The molecule has 2 aromatic rings. The molecule has 0 aromatic heterocycles. The number of likely N-dealkylation sites (tertiary alicyclic amines) is 1. The zero-order valence-corrected chi connectivity index (χ0v) is 21.7. The van der Waals surface area contributed by atoms with Gasteiger partial charge < -0.3 is 4.43 Å². The highest BCUT2D eigenvalue weighted by Crippen LogP contribution is 2.48. The topological polar surface area (TPSA) is 12.5 Å². The third-order valence-electron chi connectivity index (χ3n) is 5.96. The number of halogens is 12. The van der Waals surface area contributed by atoms with Crippen LogP contribution in [-0.2, 0) is 34.9 Å². The van der Waals surface area contributed by atoms with E-state index in [2.05, 4.69) is 0 Å². The molecule has 1 heterocycles. The van der Waals surface area contributed by atoms with Crippen molar-refractivity contribution in [1.82, 2.24) is 4.90 Å². The molecule has 1 saturated heterocycles. The Morgan fingerprint density at radius 2 is 0.769 bits per heavy atom. The van der Waals surface area contributed by atoms with Crippen molar-refractivity contribution in [3.05, 3.63) is 69.8 Å². The summed E-state index contributed by atoms with van der Waals surface area (Å²) in [4.78, 5) is 1.20. The highest BCUT2D eigenvalue weighted by molar-refractivity contribution is 6.69. The van der Waals surface area contributed by atoms with Crippen molar-refractivity contribution in [2.45, 2.75) is 62.9 Å². The van der Waals surface area contributed by atoms with Gasteiger partial charge in [-0.15, -0.1) is 0 Å². The van der Waals surface area contributed by atoms with E-state index in [4.69, 9.17) is 4.43 Å². The van der Waals surface area contributed by atoms with Crippen molar-refractivity contribution in [2.24, 2.45) is 0 Å². The molecule has 0 unspecified atom stereocenters. The number of rotatable bonds is 5. The van der Waals surface area contributed by atoms with Gasteiger partial charge in [0.2, 0.25) is 0 Å². The van der Waals surface area contributed by atoms with Crippen LogP contribution in [0.2, 0.25) is 19.6 Å². The van der Waals surface area contributed by atoms with Crippen LogP contribution < -0.4 is 0 Å². The molecule has 0 atom stereocenters. The van der Waals surface area contributed by atoms with E-state index in [9.17, 15) is 52.7 Å². The van der Waals surface area contributed by atoms with Gasteiger partial charge in [-0.25, -0.2) is 0 Å². The Labute approximate surface area is 216 Å². The summed E-state index contributed by atoms with van der Waals surface area (Å²) in [6.45, 7) is 4.26. The molecular formula is C24H23F12NOSi. The molecule has 39 heavy (non-hydrogen) atoms. The molecule has 15 heteroatoms. The minimum Gasteiger partial charge on any atom is -0.393 e. The quantitative estimate of drug-likeness (QED) is 0.252. The van der Waals surface area contributed by atoms with Gasteiger partial charge in [-0.2, -0.15) is 52.7 Å². The minimum atomic E-state index is -5.32. The number of hydrogen-bond acceptors (Lipinski definition) is 2. The van der Waals surface area contributed by atoms with E-state index in [0.29, 0.717) is 37.1 Å². The van der Waals surface area contributed by atoms with Crippen molar-refractivity contribution in [3.8, 4) is 0 Å². The maximum atomic E-state index is 13.8. The normalized spacial score (nSPS) is 16.7. The van der Waals surface area contributed by atoms with Crippen LogP contribution in [0.3, 0.4) is 0 Å². The third kappa shape index (κ3) is 6.91. The van der Waals surface area contributed by atoms with Crippen LogP contribution in [0, 0.1) is 0 Å². The first-order valence-corrected chi connectivity index (χ1v) is 14.9. The molecule has 0 radical (unpaired) electrons. The molecule has 1 aliphatic rings. The van der Waals surface area contributed by atoms with Gasteiger partial charge in [0.05, 0.1) is 22.3 Å². The Kier molecular flexibility index (Phi) is 8.00. The van der Waals surface area contributed by atoms with Crippen LogP contribution in [0.5, 0.6) is 0 Å². The molecule has 2 aromatic carbocycles. The minimum absolute atomic E-state index is 0.0698. The summed E-state index contributed by atoms with van der Waals surface area (Å²) in [7, 11) is -3.15. The summed E-state index contributed by atoms with van der Waals surface area (Å²) >= 11 is 0. The van der Waals surface area contributed by atoms with Gasteiger partial charge in [0, 0.05) is 24.2 Å². The number of alkyl halides is 12. The summed E-state index contributed by atoms with van der Waals surface area (Å²) in [6.07, 6.45) is -20.6. The predicted molar refractivity (Wildman–Crippen MR) is 119 cm³/mol. The van der Waals surface area contributed by atoms with E-state index in [0.717, 1.165) is 0 Å². The summed E-state index contributed by atoms with van der Waals surface area (Å²) < 4.78 is 171. The fourth-order valence-corrected chi connectivity index (χ4v) is 5.74. The molecule has 1 aliphatic heterocycles. The van der Waals surface area contributed by atoms with Gasteiger partial charge in [0.1, 0.15) is 0 Å². The first kappa shape index (κ1) is 31.3. The molecule has 0 aliphatic carbocycles. The molecule has 1 fully saturated rings. The van der Waals surface area contributed by atoms with E-state index >= 15 is 0 Å². The first-order chi connectivity index (χ1) is 17.4. The lowest BCUT2D eigenvalue weighted by atomic mass is 9.87. The van der Waals surface area contributed by atoms with Crippen LogP contribution in [-0.4, -0.2) is 26.3 Å². The maximum Gasteiger partial charge on any atom is 0.416 e. The van der Waals surface area contributed by atoms with E-state index in [1.54, 1.807) is 0 Å². The lowest BCUT2D eigenvalue weighted by Gasteiger charge is -2.47. The van der Waals surface area contributed by atoms with Crippen LogP contribution in [0.15, 0.2) is 36.4 Å². The molecule has 0 N–H and O–H groups in total. The number of benzene rings is 2. The smallest absolute Gasteiger partial charge is 0.393 e. The summed E-state index contributed by atoms with van der Waals surface area (Å²) in [6, 6.07) is 0.838. The molecule has 2 nitrogen and oxygen atoms in total. The second kappa shape index (κ2) is 9.98. The highest BCUT2D eigenvalue weighted by Gasteiger charge is 2.50. The van der Waals surface area contributed by atoms with Crippen molar-refractivity contribution < 1.29 is 57.1 Å². The van der Waals surface area contributed by atoms with Crippen LogP contribution >= 0.6 is 0 Å². The molecule has 0 bridgehead atoms. The van der Waals surface area contributed by atoms with Crippen molar-refractivity contribution >= 4 is 8.32 Å². The van der Waals surface area contributed by atoms with Crippen LogP contribution in [0.4, 0.5) is 52.7 Å². The average molecular weight is 598 g/mol. The Bertz CT molecular complexity index is 1050. The van der Waals surface area contributed by atoms with Gasteiger partial charge >= 0.3 is 24.7 Å². The SMILES string of the molecule is C[Si](C)(C)OC(c1cc(C(F)(F)F)cc(C(F)(F)F)c1)(c1cc(C(F)(F)F)cc(C(F)(F)F)c1)N1CCCC1. The fraction of sp³-hybridized carbons (Fsp3) is 0.500. The van der Waals surface area contributed by atoms with Crippen molar-refractivity contribution in [1.29, 1.82) is 0 Å². The molecule has 3 rings (SSSR count). The molecular weight excluding hydrogens is 574 g/mol. The summed E-state index contributed by atoms with van der Waals surface area (Å²) in [5.74, 6) is 0. The van der Waals surface area contributed by atoms with Gasteiger partial charge in [0.25, 0.3) is 0 Å². The van der Waals surface area contributed by atoms with E-state index < -0.39 is 72.1 Å². The van der Waals surface area contributed by atoms with E-state index in [-0.39, 0.29) is 25.2 Å². The zero-order valence-electron chi connectivity index (χ0n) is 20.7. The van der Waals surface area contributed by atoms with Crippen molar-refractivity contribution in [2.75, 3.05) is 13.1 Å². The van der Waals surface area contributed by atoms with Crippen LogP contribution in [0.25, 0.3) is 0 Å². The van der Waals surface area contributed by atoms with Crippen molar-refractivity contribution in [3.63, 3.8) is 0 Å². The molecule has 0 spiro atoms. The number of nitrogens with zero attached hydrogens (tertiary/aromatic N) is 1. The summed E-state index contributed by atoms with van der Waals surface area (Å²) in [5.41, 5.74) is -11.5. The predicted octanol–water partition coefficient (Wildman–Crippen LogP) is 8.91. The van der Waals surface area contributed by atoms with E-state index in [1.165, 1.54) is 24.5 Å². The zero-order chi connectivity index (χ0) is 29.8. The second-order valence-corrected chi connectivity index (χ2v) is 14.6. The Morgan fingerprint density at radius 3 is 1.00 bits per heavy atom. The number of hydrogen-bond donors (Lipinski definition) is 0. The van der Waals surface area contributed by atoms with Gasteiger partial charge in [0.15, 0.2) is 14.0 Å². The van der Waals surface area contributed by atoms with Gasteiger partial charge in [-0.1, -0.05) is 0 Å². The lowest BCUT2D eigenvalue weighted by molar-refractivity contribution is -0.144. The molecule has 0 saturated carbocycles. The van der Waals surface area contributed by atoms with Crippen LogP contribution in [0.1, 0.15) is 46.2 Å². The monoisotopic (exact) mass is 597 g/mol. The molecule has 218 valence electrons. The average Bonchev–Trinajstić information content (AvgIpc) is 3.29. The Hall–Kier alpha value is -2.26. The lowest BCUT2D eigenvalue weighted by Crippen LogP contribution is -2.53.